The van der Waals surface area contributed by atoms with Crippen molar-refractivity contribution in [2.75, 3.05) is 0 Å². The minimum atomic E-state index is -1.03. The molecule has 0 bridgehead atoms. The highest BCUT2D eigenvalue weighted by Gasteiger charge is 2.24. The molecule has 1 aliphatic rings. The van der Waals surface area contributed by atoms with Gasteiger partial charge in [0.2, 0.25) is 0 Å². The number of carbonyl (C=O) groups excluding carboxylic acids is 1. The van der Waals surface area contributed by atoms with Crippen molar-refractivity contribution in [1.82, 2.24) is 9.88 Å². The maximum Gasteiger partial charge on any atom is 0.335 e. The molecule has 2 N–H and O–H groups in total. The molecule has 0 unspecified atom stereocenters. The van der Waals surface area contributed by atoms with Gasteiger partial charge in [-0.15, -0.1) is 0 Å². The third-order valence-electron chi connectivity index (χ3n) is 5.42. The van der Waals surface area contributed by atoms with E-state index in [0.29, 0.717) is 32.4 Å². The van der Waals surface area contributed by atoms with E-state index >= 15 is 0 Å². The summed E-state index contributed by atoms with van der Waals surface area (Å²) in [6.45, 7) is 0.590. The zero-order valence-corrected chi connectivity index (χ0v) is 20.4. The van der Waals surface area contributed by atoms with Crippen LogP contribution in [0.2, 0.25) is 10.0 Å². The van der Waals surface area contributed by atoms with Crippen molar-refractivity contribution >= 4 is 74.7 Å². The Balaban J connectivity index is 1.46. The largest absolute Gasteiger partial charge is 0.478 e. The van der Waals surface area contributed by atoms with Crippen LogP contribution in [0.15, 0.2) is 82.8 Å². The van der Waals surface area contributed by atoms with Crippen LogP contribution in [0.5, 0.6) is 0 Å². The highest BCUT2D eigenvalue weighted by molar-refractivity contribution is 8.18. The number of thioether (sulfide) groups is 1. The summed E-state index contributed by atoms with van der Waals surface area (Å²) in [5.41, 5.74) is 3.50. The number of amidine groups is 1. The van der Waals surface area contributed by atoms with Gasteiger partial charge in [-0.2, -0.15) is 0 Å². The van der Waals surface area contributed by atoms with Crippen LogP contribution in [0.4, 0.5) is 5.69 Å². The molecule has 6 nitrogen and oxygen atoms in total. The third-order valence-corrected chi connectivity index (χ3v) is 7.07. The highest BCUT2D eigenvalue weighted by atomic mass is 35.5. The Hall–Kier alpha value is -3.52. The quantitative estimate of drug-likeness (QED) is 0.290. The predicted octanol–water partition coefficient (Wildman–Crippen LogP) is 6.59. The second kappa shape index (κ2) is 9.62. The minimum absolute atomic E-state index is 0.131. The normalized spacial score (nSPS) is 15.8. The zero-order valence-electron chi connectivity index (χ0n) is 18.0. The van der Waals surface area contributed by atoms with Gasteiger partial charge in [-0.1, -0.05) is 53.5 Å². The number of carboxylic acids is 1. The number of nitrogens with one attached hydrogen (secondary N) is 1. The summed E-state index contributed by atoms with van der Waals surface area (Å²) in [6.07, 6.45) is 3.84. The van der Waals surface area contributed by atoms with Gasteiger partial charge in [0.05, 0.1) is 26.2 Å². The average Bonchev–Trinajstić information content (AvgIpc) is 3.36. The van der Waals surface area contributed by atoms with Crippen LogP contribution < -0.4 is 5.32 Å². The number of aromatic nitrogens is 1. The number of nitrogens with zero attached hydrogens (tertiary/aromatic N) is 2. The topological polar surface area (TPSA) is 83.7 Å². The van der Waals surface area contributed by atoms with E-state index in [-0.39, 0.29) is 11.5 Å². The van der Waals surface area contributed by atoms with Crippen molar-refractivity contribution < 1.29 is 14.7 Å². The fourth-order valence-corrected chi connectivity index (χ4v) is 4.96. The smallest absolute Gasteiger partial charge is 0.335 e. The van der Waals surface area contributed by atoms with E-state index < -0.39 is 5.97 Å². The first kappa shape index (κ1) is 23.2. The summed E-state index contributed by atoms with van der Waals surface area (Å²) in [5, 5.41) is 14.3. The molecule has 0 saturated carbocycles. The molecule has 35 heavy (non-hydrogen) atoms. The molecule has 1 amide bonds. The van der Waals surface area contributed by atoms with E-state index in [4.69, 9.17) is 23.2 Å². The molecule has 1 fully saturated rings. The van der Waals surface area contributed by atoms with E-state index in [1.54, 1.807) is 18.2 Å². The number of hydrogen-bond acceptors (Lipinski definition) is 4. The van der Waals surface area contributed by atoms with Gasteiger partial charge in [-0.25, -0.2) is 9.79 Å². The van der Waals surface area contributed by atoms with Gasteiger partial charge in [0.1, 0.15) is 0 Å². The lowest BCUT2D eigenvalue weighted by Gasteiger charge is -2.06. The molecule has 1 aromatic heterocycles. The van der Waals surface area contributed by atoms with Crippen LogP contribution in [-0.2, 0) is 11.3 Å². The Labute approximate surface area is 214 Å². The first-order valence-electron chi connectivity index (χ1n) is 10.5. The molecule has 1 saturated heterocycles. The SMILES string of the molecule is O=C1NC(=Nc2cccc(C(=O)O)c2)S/C1=C\c1cn(Cc2ccc(Cl)c(Cl)c2)c2ccccc12. The van der Waals surface area contributed by atoms with Crippen LogP contribution in [0.1, 0.15) is 21.5 Å². The molecule has 174 valence electrons. The number of carbonyl (C=O) groups is 2. The number of aliphatic imine (C=N–C) groups is 1. The number of benzene rings is 3. The molecule has 4 aromatic rings. The summed E-state index contributed by atoms with van der Waals surface area (Å²) in [5.74, 6) is -1.29. The fourth-order valence-electron chi connectivity index (χ4n) is 3.80. The van der Waals surface area contributed by atoms with Gasteiger partial charge in [0.15, 0.2) is 5.17 Å². The second-order valence-electron chi connectivity index (χ2n) is 7.82. The van der Waals surface area contributed by atoms with Gasteiger partial charge >= 0.3 is 5.97 Å². The molecule has 0 atom stereocenters. The first-order valence-corrected chi connectivity index (χ1v) is 12.1. The van der Waals surface area contributed by atoms with E-state index in [9.17, 15) is 14.7 Å². The Morgan fingerprint density at radius 2 is 1.89 bits per heavy atom. The molecule has 5 rings (SSSR count). The van der Waals surface area contributed by atoms with E-state index in [1.165, 1.54) is 23.9 Å². The maximum absolute atomic E-state index is 12.6. The number of para-hydroxylation sites is 1. The maximum atomic E-state index is 12.6. The molecule has 0 aliphatic carbocycles. The number of halogens is 2. The van der Waals surface area contributed by atoms with Crippen molar-refractivity contribution in [1.29, 1.82) is 0 Å². The number of rotatable bonds is 5. The summed E-state index contributed by atoms with van der Waals surface area (Å²) in [7, 11) is 0. The molecule has 1 aliphatic heterocycles. The molecular weight excluding hydrogens is 505 g/mol. The number of hydrogen-bond donors (Lipinski definition) is 2. The zero-order chi connectivity index (χ0) is 24.5. The number of aromatic carboxylic acids is 1. The Kier molecular flexibility index (Phi) is 6.38. The predicted molar refractivity (Wildman–Crippen MR) is 142 cm³/mol. The Bertz CT molecular complexity index is 1560. The summed E-state index contributed by atoms with van der Waals surface area (Å²) in [4.78, 5) is 28.7. The standard InChI is InChI=1S/C26H17Cl2N3O3S/c27-20-9-8-15(10-21(20)28)13-31-14-17(19-6-1-2-7-22(19)31)12-23-24(32)30-26(35-23)29-18-5-3-4-16(11-18)25(33)34/h1-12,14H,13H2,(H,33,34)(H,29,30,32)/b23-12-. The summed E-state index contributed by atoms with van der Waals surface area (Å²) in [6, 6.07) is 19.8. The average molecular weight is 522 g/mol. The van der Waals surface area contributed by atoms with Crippen LogP contribution in [0.25, 0.3) is 17.0 Å². The fraction of sp³-hybridized carbons (Fsp3) is 0.0385. The molecule has 0 radical (unpaired) electrons. The summed E-state index contributed by atoms with van der Waals surface area (Å²) >= 11 is 13.5. The van der Waals surface area contributed by atoms with Crippen molar-refractivity contribution in [3.63, 3.8) is 0 Å². The van der Waals surface area contributed by atoms with E-state index in [0.717, 1.165) is 22.0 Å². The number of amides is 1. The summed E-state index contributed by atoms with van der Waals surface area (Å²) < 4.78 is 2.10. The van der Waals surface area contributed by atoms with Gasteiger partial charge in [0, 0.05) is 29.2 Å². The van der Waals surface area contributed by atoms with Gasteiger partial charge in [0.25, 0.3) is 5.91 Å². The lowest BCUT2D eigenvalue weighted by atomic mass is 10.1. The number of carboxylic acid groups (broad SMARTS) is 1. The third kappa shape index (κ3) is 4.98. The van der Waals surface area contributed by atoms with Crippen molar-refractivity contribution in [3.05, 3.63) is 105 Å². The molecule has 2 heterocycles. The van der Waals surface area contributed by atoms with Crippen molar-refractivity contribution in [2.24, 2.45) is 4.99 Å². The lowest BCUT2D eigenvalue weighted by Crippen LogP contribution is -2.19. The molecule has 3 aromatic carbocycles. The van der Waals surface area contributed by atoms with Gasteiger partial charge in [-0.05, 0) is 59.8 Å². The van der Waals surface area contributed by atoms with Crippen molar-refractivity contribution in [3.8, 4) is 0 Å². The van der Waals surface area contributed by atoms with Crippen LogP contribution in [-0.4, -0.2) is 26.7 Å². The Morgan fingerprint density at radius 1 is 1.06 bits per heavy atom. The highest BCUT2D eigenvalue weighted by Crippen LogP contribution is 2.32. The molecule has 9 heteroatoms. The lowest BCUT2D eigenvalue weighted by molar-refractivity contribution is -0.115. The van der Waals surface area contributed by atoms with Crippen LogP contribution in [0.3, 0.4) is 0 Å². The van der Waals surface area contributed by atoms with Crippen LogP contribution >= 0.6 is 35.0 Å². The van der Waals surface area contributed by atoms with E-state index in [2.05, 4.69) is 14.9 Å². The van der Waals surface area contributed by atoms with Gasteiger partial charge < -0.3 is 15.0 Å². The van der Waals surface area contributed by atoms with Gasteiger partial charge in [-0.3, -0.25) is 4.79 Å². The second-order valence-corrected chi connectivity index (χ2v) is 9.66. The first-order chi connectivity index (χ1) is 16.9. The van der Waals surface area contributed by atoms with E-state index in [1.807, 2.05) is 48.7 Å². The van der Waals surface area contributed by atoms with Crippen molar-refractivity contribution in [2.45, 2.75) is 6.54 Å². The number of fused-ring (bicyclic) bond motifs is 1. The molecule has 0 spiro atoms. The molecular formula is C26H17Cl2N3O3S. The Morgan fingerprint density at radius 3 is 2.69 bits per heavy atom. The van der Waals surface area contributed by atoms with Crippen LogP contribution in [0, 0.1) is 0 Å². The monoisotopic (exact) mass is 521 g/mol. The minimum Gasteiger partial charge on any atom is -0.478 e.